The average molecular weight is 2080 g/mol. The van der Waals surface area contributed by atoms with Crippen LogP contribution in [0, 0.1) is 41.8 Å². The average Bonchev–Trinajstić information content (AvgIpc) is 1.78. The number of aromatic amines is 2. The summed E-state index contributed by atoms with van der Waals surface area (Å²) in [4.78, 5) is 90.3. The van der Waals surface area contributed by atoms with Crippen LogP contribution in [0.3, 0.4) is 0 Å². The van der Waals surface area contributed by atoms with Crippen LogP contribution < -0.4 is 33.2 Å². The summed E-state index contributed by atoms with van der Waals surface area (Å²) in [6, 6.07) is 24.1. The van der Waals surface area contributed by atoms with Crippen LogP contribution in [0.2, 0.25) is 0 Å². The van der Waals surface area contributed by atoms with E-state index < -0.39 is 211 Å². The van der Waals surface area contributed by atoms with Crippen molar-refractivity contribution in [2.45, 2.75) is 281 Å². The lowest BCUT2D eigenvalue weighted by Crippen LogP contribution is -2.55. The molecule has 3 heterocycles. The van der Waals surface area contributed by atoms with E-state index in [2.05, 4.69) is 36.2 Å². The molecule has 0 saturated heterocycles. The number of hydrogen-bond acceptors (Lipinski definition) is 22. The monoisotopic (exact) mass is 2080 g/mol. The van der Waals surface area contributed by atoms with Crippen molar-refractivity contribution in [1.82, 2.24) is 56.0 Å². The first-order valence-corrected chi connectivity index (χ1v) is 54.0. The van der Waals surface area contributed by atoms with E-state index in [0.29, 0.717) is 94.1 Å². The van der Waals surface area contributed by atoms with E-state index in [4.69, 9.17) is 17.2 Å². The molecule has 786 valence electrons. The molecule has 0 spiro atoms. The van der Waals surface area contributed by atoms with Gasteiger partial charge in [-0.15, -0.1) is 11.3 Å². The number of sulfone groups is 3. The van der Waals surface area contributed by atoms with Crippen LogP contribution in [-0.2, 0) is 108 Å². The molecule has 0 aliphatic carbocycles. The number of carbonyl (C=O) groups excluding carboxylic acids is 6. The van der Waals surface area contributed by atoms with Gasteiger partial charge in [-0.2, -0.15) is 23.4 Å². The summed E-state index contributed by atoms with van der Waals surface area (Å²) in [5, 5.41) is 51.8. The van der Waals surface area contributed by atoms with E-state index >= 15 is 0 Å². The normalized spacial score (nSPS) is 13.8. The summed E-state index contributed by atoms with van der Waals surface area (Å²) in [7, 11) is -11.8. The Morgan fingerprint density at radius 2 is 0.706 bits per heavy atom. The molecular weight excluding hydrogens is 1950 g/mol. The maximum atomic E-state index is 14.4. The minimum Gasteiger partial charge on any atom is -0.390 e. The third kappa shape index (κ3) is 37.9. The summed E-state index contributed by atoms with van der Waals surface area (Å²) < 4.78 is 206. The van der Waals surface area contributed by atoms with Crippen LogP contribution >= 0.6 is 11.3 Å². The lowest BCUT2D eigenvalue weighted by molar-refractivity contribution is -0.141. The highest BCUT2D eigenvalue weighted by Crippen LogP contribution is 2.32. The van der Waals surface area contributed by atoms with Crippen molar-refractivity contribution in [2.24, 2.45) is 17.2 Å². The van der Waals surface area contributed by atoms with Gasteiger partial charge in [-0.25, -0.2) is 56.6 Å². The third-order valence-corrected chi connectivity index (χ3v) is 31.5. The summed E-state index contributed by atoms with van der Waals surface area (Å²) in [5.74, 6) is -12.3. The Labute approximate surface area is 835 Å². The number of rotatable bonds is 54. The fraction of sp³-hybridized carbons (Fsp3) is 0.495. The number of benzene rings is 6. The fourth-order valence-electron chi connectivity index (χ4n) is 16.7. The highest BCUT2D eigenvalue weighted by atomic mass is 32.2. The zero-order valence-electron chi connectivity index (χ0n) is 82.1. The quantitative estimate of drug-likeness (QED) is 0.0158. The number of aromatic nitrogens is 5. The molecule has 29 nitrogen and oxygen atoms in total. The Morgan fingerprint density at radius 3 is 0.972 bits per heavy atom. The fourth-order valence-corrected chi connectivity index (χ4v) is 23.7. The number of halogens is 9. The zero-order valence-corrected chi connectivity index (χ0v) is 85.4. The minimum absolute atomic E-state index is 0.0112. The molecule has 143 heavy (non-hydrogen) atoms. The Morgan fingerprint density at radius 1 is 0.413 bits per heavy atom. The molecule has 0 aliphatic rings. The van der Waals surface area contributed by atoms with Gasteiger partial charge in [0.25, 0.3) is 17.7 Å². The van der Waals surface area contributed by atoms with Gasteiger partial charge in [0.2, 0.25) is 17.7 Å². The van der Waals surface area contributed by atoms with Gasteiger partial charge in [-0.3, -0.25) is 39.0 Å². The summed E-state index contributed by atoms with van der Waals surface area (Å²) in [5.41, 5.74) is 23.9. The zero-order chi connectivity index (χ0) is 106. The second-order valence-electron chi connectivity index (χ2n) is 35.9. The summed E-state index contributed by atoms with van der Waals surface area (Å²) in [6.07, 6.45) is -1.23. The topological polar surface area (TPSA) is 460 Å². The van der Waals surface area contributed by atoms with Gasteiger partial charge in [0.1, 0.15) is 64.4 Å². The molecule has 0 bridgehead atoms. The molecular formula is C101H135F9N14O15S4. The maximum Gasteiger partial charge on any atom is 0.433 e. The Hall–Kier alpha value is -10.8. The number of H-pyrrole nitrogens is 2. The lowest BCUT2D eigenvalue weighted by Gasteiger charge is -2.32. The lowest BCUT2D eigenvalue weighted by atomic mass is 10.0. The van der Waals surface area contributed by atoms with Gasteiger partial charge < -0.3 is 63.2 Å². The first-order chi connectivity index (χ1) is 67.6. The number of aryl methyl sites for hydroxylation is 4. The van der Waals surface area contributed by atoms with E-state index in [1.807, 2.05) is 90.9 Å². The van der Waals surface area contributed by atoms with Gasteiger partial charge in [0.15, 0.2) is 35.2 Å². The van der Waals surface area contributed by atoms with Crippen molar-refractivity contribution in [3.63, 3.8) is 0 Å². The Balaban J connectivity index is 0.000000291. The summed E-state index contributed by atoms with van der Waals surface area (Å²) in [6.45, 7) is 17.3. The van der Waals surface area contributed by atoms with Gasteiger partial charge in [-0.05, 0) is 177 Å². The van der Waals surface area contributed by atoms with Crippen molar-refractivity contribution in [1.29, 1.82) is 0 Å². The van der Waals surface area contributed by atoms with Crippen LogP contribution in [0.25, 0.3) is 0 Å². The summed E-state index contributed by atoms with van der Waals surface area (Å²) >= 11 is 1.18. The van der Waals surface area contributed by atoms with Crippen molar-refractivity contribution in [2.75, 3.05) is 36.9 Å². The first kappa shape index (κ1) is 119. The standard InChI is InChI=1S/C34H44F5N5O5S.C34H47F2N5O5S.C33H44F2N4O5S2/c1-4-8-26(9-5-2)50(48,49)20-29(42-32(46)27-17-41-43-31(27)34(37,38)39)33(47)44(18-22-11-7-10-21(6-3)12-22)19-30(45)28(40)15-23-13-24(35)16-25(36)14-23;1-5-9-28(10-6-2)47(45,46)21-31(38-33(43)30-13-22(4)39-40-30)34(44)41(19-24-12-8-11-23(7-3)14-24)20-32(42)29(37)17-25-15-26(35)18-27(36)16-25;1-4-8-27(9-5-2)46(43,44)20-30(38-32(41)29-19-45-21-37-29)33(42)39(17-23-11-7-10-22(6-3)12-23)18-31(40)28(36)15-24-13-25(34)16-26(35)14-24/h7,10-14,16-17,26,28-30,45H,4-6,8-9,15,18-20,40H2,1-3H3,(H,41,43)(H,42,46);8,11-16,18,28-29,31-32,42H,5-7,9-10,17,19-21,37H2,1-4H3,(H,38,43)(H,39,40);7,10-14,16,19,21,27-28,30-31,40H,4-6,8-9,15,17-18,20,36H2,1-3H3,(H,38,41)/t28-,29+,30+;29-,31+,32+;28-,30+,31+/m000/s1. The van der Waals surface area contributed by atoms with E-state index in [-0.39, 0.29) is 92.9 Å². The van der Waals surface area contributed by atoms with Gasteiger partial charge in [-0.1, -0.05) is 174 Å². The number of thiazole rings is 1. The predicted octanol–water partition coefficient (Wildman–Crippen LogP) is 13.1. The number of amides is 6. The van der Waals surface area contributed by atoms with Crippen molar-refractivity contribution < 1.29 is 109 Å². The molecule has 0 unspecified atom stereocenters. The molecule has 0 fully saturated rings. The Bertz CT molecular complexity index is 5890. The molecule has 42 heteroatoms. The smallest absolute Gasteiger partial charge is 0.390 e. The molecule has 0 saturated carbocycles. The van der Waals surface area contributed by atoms with Crippen molar-refractivity contribution in [3.8, 4) is 0 Å². The number of alkyl halides is 3. The molecule has 0 radical (unpaired) electrons. The molecule has 0 aliphatic heterocycles. The second-order valence-corrected chi connectivity index (χ2v) is 43.6. The SMILES string of the molecule is CCCC(CCC)S(=O)(=O)C[C@@H](NC(=O)c1cc(C)[nH]n1)C(=O)N(Cc1cccc(CC)c1)C[C@@H](O)[C@@H](N)Cc1cc(F)cc(F)c1.CCCC(CCC)S(=O)(=O)C[C@@H](NC(=O)c1cn[nH]c1C(F)(F)F)C(=O)N(Cc1cccc(CC)c1)C[C@@H](O)[C@@H](N)Cc1cc(F)cc(F)c1.CCCC(CCC)S(=O)(=O)C[C@@H](NC(=O)c1cscn1)C(=O)N(Cc1cccc(CC)c1)C[C@@H](O)[C@@H](N)Cc1cc(F)cc(F)c1. The third-order valence-electron chi connectivity index (χ3n) is 24.1. The maximum absolute atomic E-state index is 14.4. The molecule has 14 N–H and O–H groups in total. The Kier molecular flexibility index (Phi) is 47.6. The van der Waals surface area contributed by atoms with Crippen molar-refractivity contribution in [3.05, 3.63) is 264 Å². The second kappa shape index (κ2) is 57.2. The van der Waals surface area contributed by atoms with Crippen LogP contribution in [-0.4, -0.2) is 223 Å². The molecule has 6 aromatic carbocycles. The molecule has 9 aromatic rings. The number of hydrogen-bond donors (Lipinski definition) is 11. The molecule has 3 aromatic heterocycles. The highest BCUT2D eigenvalue weighted by molar-refractivity contribution is 7.92. The van der Waals surface area contributed by atoms with Gasteiger partial charge in [0.05, 0.1) is 68.6 Å². The molecule has 9 rings (SSSR count). The van der Waals surface area contributed by atoms with Crippen LogP contribution in [0.1, 0.15) is 232 Å². The van der Waals surface area contributed by atoms with E-state index in [1.165, 1.54) is 38.1 Å². The van der Waals surface area contributed by atoms with Crippen LogP contribution in [0.15, 0.2) is 151 Å². The number of carbonyl (C=O) groups is 6. The predicted molar refractivity (Wildman–Crippen MR) is 531 cm³/mol. The van der Waals surface area contributed by atoms with Gasteiger partial charge >= 0.3 is 6.18 Å². The molecule has 6 amide bonds. The van der Waals surface area contributed by atoms with Gasteiger partial charge in [0, 0.05) is 86.7 Å². The number of nitrogens with zero attached hydrogens (tertiary/aromatic N) is 6. The highest BCUT2D eigenvalue weighted by Gasteiger charge is 2.43. The first-order valence-electron chi connectivity index (χ1n) is 47.9. The van der Waals surface area contributed by atoms with Crippen LogP contribution in [0.4, 0.5) is 39.5 Å². The number of nitrogens with two attached hydrogens (primary N) is 3. The van der Waals surface area contributed by atoms with E-state index in [0.717, 1.165) is 94.1 Å². The minimum atomic E-state index is -5.01. The van der Waals surface area contributed by atoms with Crippen LogP contribution in [0.5, 0.6) is 0 Å². The number of nitrogens with one attached hydrogen (secondary N) is 5. The number of aliphatic hydroxyl groups is 3. The number of aliphatic hydroxyl groups excluding tert-OH is 3. The van der Waals surface area contributed by atoms with E-state index in [9.17, 15) is 109 Å². The van der Waals surface area contributed by atoms with E-state index in [1.54, 1.807) is 56.2 Å². The molecule has 9 atom stereocenters. The largest absolute Gasteiger partial charge is 0.433 e. The van der Waals surface area contributed by atoms with Crippen molar-refractivity contribution >= 4 is 76.3 Å².